The van der Waals surface area contributed by atoms with Crippen LogP contribution in [0, 0.1) is 13.8 Å². The molecule has 1 amide bonds. The van der Waals surface area contributed by atoms with Crippen molar-refractivity contribution in [3.05, 3.63) is 59.0 Å². The number of carbonyl (C=O) groups excluding carboxylic acids is 1. The Labute approximate surface area is 198 Å². The zero-order valence-electron chi connectivity index (χ0n) is 17.7. The van der Waals surface area contributed by atoms with E-state index in [1.54, 1.807) is 7.11 Å². The molecular formula is C22H21N5O2S3. The maximum Gasteiger partial charge on any atom is 0.236 e. The van der Waals surface area contributed by atoms with E-state index in [2.05, 4.69) is 45.7 Å². The summed E-state index contributed by atoms with van der Waals surface area (Å²) in [5.41, 5.74) is 5.17. The highest BCUT2D eigenvalue weighted by Gasteiger charge is 2.12. The summed E-state index contributed by atoms with van der Waals surface area (Å²) in [5.74, 6) is 0.888. The van der Waals surface area contributed by atoms with Crippen LogP contribution in [0.5, 0.6) is 5.75 Å². The number of nitrogens with zero attached hydrogens (tertiary/aromatic N) is 3. The highest BCUT2D eigenvalue weighted by Crippen LogP contribution is 2.30. The van der Waals surface area contributed by atoms with Gasteiger partial charge in [-0.25, -0.2) is 4.98 Å². The van der Waals surface area contributed by atoms with Gasteiger partial charge in [-0.15, -0.1) is 21.5 Å². The molecule has 164 valence electrons. The van der Waals surface area contributed by atoms with Crippen molar-refractivity contribution in [2.75, 3.05) is 23.5 Å². The minimum atomic E-state index is -0.134. The molecule has 4 aromatic rings. The summed E-state index contributed by atoms with van der Waals surface area (Å²) in [6.45, 7) is 4.14. The molecule has 0 aliphatic heterocycles. The van der Waals surface area contributed by atoms with Crippen molar-refractivity contribution < 1.29 is 9.53 Å². The number of aryl methyl sites for hydroxylation is 1. The Morgan fingerprint density at radius 1 is 1.09 bits per heavy atom. The van der Waals surface area contributed by atoms with E-state index in [9.17, 15) is 4.79 Å². The van der Waals surface area contributed by atoms with E-state index in [-0.39, 0.29) is 11.7 Å². The van der Waals surface area contributed by atoms with Gasteiger partial charge in [0.2, 0.25) is 11.0 Å². The molecule has 0 aliphatic carbocycles. The summed E-state index contributed by atoms with van der Waals surface area (Å²) in [5, 5.41) is 17.7. The second kappa shape index (κ2) is 10.1. The first-order chi connectivity index (χ1) is 15.5. The molecule has 0 spiro atoms. The standard InChI is InChI=1S/C22H21N5O2S3/c1-13-5-4-6-17(14(13)2)23-21-26-27-22(32-21)31-12-19(28)25-20-24-18(11-30-20)15-7-9-16(29-3)10-8-15/h4-11H,12H2,1-3H3,(H,23,26)(H,24,25,28). The SMILES string of the molecule is COc1ccc(-c2csc(NC(=O)CSc3nnc(Nc4cccc(C)c4C)s3)n2)cc1. The quantitative estimate of drug-likeness (QED) is 0.308. The van der Waals surface area contributed by atoms with Crippen molar-refractivity contribution in [2.24, 2.45) is 0 Å². The molecule has 0 unspecified atom stereocenters. The van der Waals surface area contributed by atoms with Crippen LogP contribution in [0.25, 0.3) is 11.3 Å². The van der Waals surface area contributed by atoms with Gasteiger partial charge in [-0.1, -0.05) is 35.2 Å². The summed E-state index contributed by atoms with van der Waals surface area (Å²) in [4.78, 5) is 16.9. The average Bonchev–Trinajstić information content (AvgIpc) is 3.45. The number of thiazole rings is 1. The fraction of sp³-hybridized carbons (Fsp3) is 0.182. The lowest BCUT2D eigenvalue weighted by atomic mass is 10.1. The summed E-state index contributed by atoms with van der Waals surface area (Å²) in [7, 11) is 1.63. The van der Waals surface area contributed by atoms with Gasteiger partial charge in [0, 0.05) is 16.6 Å². The van der Waals surface area contributed by atoms with E-state index in [1.807, 2.05) is 41.8 Å². The van der Waals surface area contributed by atoms with Crippen LogP contribution in [0.3, 0.4) is 0 Å². The molecule has 0 atom stereocenters. The third kappa shape index (κ3) is 5.45. The smallest absolute Gasteiger partial charge is 0.236 e. The highest BCUT2D eigenvalue weighted by atomic mass is 32.2. The number of anilines is 3. The molecule has 10 heteroatoms. The van der Waals surface area contributed by atoms with Crippen LogP contribution in [-0.2, 0) is 4.79 Å². The Balaban J connectivity index is 1.30. The number of aromatic nitrogens is 3. The van der Waals surface area contributed by atoms with Gasteiger partial charge in [0.15, 0.2) is 9.47 Å². The number of carbonyl (C=O) groups is 1. The first-order valence-corrected chi connectivity index (χ1v) is 12.4. The van der Waals surface area contributed by atoms with Gasteiger partial charge in [0.1, 0.15) is 5.75 Å². The number of nitrogens with one attached hydrogen (secondary N) is 2. The van der Waals surface area contributed by atoms with Gasteiger partial charge in [-0.2, -0.15) is 0 Å². The van der Waals surface area contributed by atoms with E-state index >= 15 is 0 Å². The molecule has 0 bridgehead atoms. The molecule has 2 N–H and O–H groups in total. The molecule has 0 radical (unpaired) electrons. The Kier molecular flexibility index (Phi) is 7.03. The van der Waals surface area contributed by atoms with Crippen molar-refractivity contribution >= 4 is 56.3 Å². The molecule has 2 aromatic heterocycles. The second-order valence-electron chi connectivity index (χ2n) is 6.85. The lowest BCUT2D eigenvalue weighted by molar-refractivity contribution is -0.113. The number of hydrogen-bond donors (Lipinski definition) is 2. The van der Waals surface area contributed by atoms with Crippen molar-refractivity contribution in [2.45, 2.75) is 18.2 Å². The molecule has 0 fully saturated rings. The van der Waals surface area contributed by atoms with Crippen LogP contribution in [0.15, 0.2) is 52.2 Å². The predicted molar refractivity (Wildman–Crippen MR) is 133 cm³/mol. The number of benzene rings is 2. The summed E-state index contributed by atoms with van der Waals surface area (Å²) in [6.07, 6.45) is 0. The van der Waals surface area contributed by atoms with Gasteiger partial charge >= 0.3 is 0 Å². The maximum absolute atomic E-state index is 12.4. The van der Waals surface area contributed by atoms with E-state index < -0.39 is 0 Å². The highest BCUT2D eigenvalue weighted by molar-refractivity contribution is 8.01. The number of thioether (sulfide) groups is 1. The number of methoxy groups -OCH3 is 1. The third-order valence-corrected chi connectivity index (χ3v) is 7.45. The first-order valence-electron chi connectivity index (χ1n) is 9.71. The van der Waals surface area contributed by atoms with Gasteiger partial charge in [0.05, 0.1) is 18.6 Å². The second-order valence-corrected chi connectivity index (χ2v) is 9.91. The molecule has 0 saturated heterocycles. The number of amides is 1. The maximum atomic E-state index is 12.4. The normalized spacial score (nSPS) is 10.7. The van der Waals surface area contributed by atoms with Crippen LogP contribution in [0.2, 0.25) is 0 Å². The molecule has 2 heterocycles. The van der Waals surface area contributed by atoms with Crippen LogP contribution >= 0.6 is 34.4 Å². The Hall–Kier alpha value is -2.95. The first kappa shape index (κ1) is 22.3. The summed E-state index contributed by atoms with van der Waals surface area (Å²) in [6, 6.07) is 13.7. The van der Waals surface area contributed by atoms with E-state index in [0.29, 0.717) is 10.3 Å². The van der Waals surface area contributed by atoms with E-state index in [1.165, 1.54) is 45.6 Å². The minimum absolute atomic E-state index is 0.134. The molecular weight excluding hydrogens is 462 g/mol. The summed E-state index contributed by atoms with van der Waals surface area (Å²) >= 11 is 4.16. The van der Waals surface area contributed by atoms with Crippen molar-refractivity contribution in [3.63, 3.8) is 0 Å². The fourth-order valence-electron chi connectivity index (χ4n) is 2.83. The molecule has 0 saturated carbocycles. The van der Waals surface area contributed by atoms with Gasteiger partial charge < -0.3 is 15.4 Å². The average molecular weight is 484 g/mol. The van der Waals surface area contributed by atoms with Crippen molar-refractivity contribution in [1.29, 1.82) is 0 Å². The van der Waals surface area contributed by atoms with Crippen molar-refractivity contribution in [3.8, 4) is 17.0 Å². The van der Waals surface area contributed by atoms with Crippen LogP contribution in [0.4, 0.5) is 16.0 Å². The molecule has 0 aliphatic rings. The fourth-order valence-corrected chi connectivity index (χ4v) is 5.13. The van der Waals surface area contributed by atoms with E-state index in [4.69, 9.17) is 4.74 Å². The lowest BCUT2D eigenvalue weighted by Gasteiger charge is -2.08. The summed E-state index contributed by atoms with van der Waals surface area (Å²) < 4.78 is 5.91. The third-order valence-electron chi connectivity index (χ3n) is 4.72. The van der Waals surface area contributed by atoms with Crippen LogP contribution in [-0.4, -0.2) is 34.0 Å². The Morgan fingerprint density at radius 2 is 1.91 bits per heavy atom. The topological polar surface area (TPSA) is 89.0 Å². The van der Waals surface area contributed by atoms with E-state index in [0.717, 1.165) is 27.0 Å². The Bertz CT molecular complexity index is 1220. The number of ether oxygens (including phenoxy) is 1. The number of hydrogen-bond acceptors (Lipinski definition) is 9. The van der Waals surface area contributed by atoms with Crippen LogP contribution < -0.4 is 15.4 Å². The monoisotopic (exact) mass is 483 g/mol. The Morgan fingerprint density at radius 3 is 2.69 bits per heavy atom. The van der Waals surface area contributed by atoms with Gasteiger partial charge in [-0.05, 0) is 55.3 Å². The molecule has 2 aromatic carbocycles. The molecule has 32 heavy (non-hydrogen) atoms. The van der Waals surface area contributed by atoms with Crippen molar-refractivity contribution in [1.82, 2.24) is 15.2 Å². The van der Waals surface area contributed by atoms with Crippen LogP contribution in [0.1, 0.15) is 11.1 Å². The molecule has 7 nitrogen and oxygen atoms in total. The largest absolute Gasteiger partial charge is 0.497 e. The molecule has 4 rings (SSSR count). The van der Waals surface area contributed by atoms with Gasteiger partial charge in [-0.3, -0.25) is 4.79 Å². The number of rotatable bonds is 8. The predicted octanol–water partition coefficient (Wildman–Crippen LogP) is 5.76. The zero-order chi connectivity index (χ0) is 22.5. The minimum Gasteiger partial charge on any atom is -0.497 e. The van der Waals surface area contributed by atoms with Gasteiger partial charge in [0.25, 0.3) is 0 Å². The zero-order valence-corrected chi connectivity index (χ0v) is 20.2. The lowest BCUT2D eigenvalue weighted by Crippen LogP contribution is -2.13.